The average molecular weight is 255 g/mol. The van der Waals surface area contributed by atoms with Crippen LogP contribution in [0.5, 0.6) is 0 Å². The normalized spacial score (nSPS) is 29.8. The number of amides is 2. The number of carboxylic acid groups (broad SMARTS) is 1. The molecular formula is C12H21N3O3. The van der Waals surface area contributed by atoms with Crippen molar-refractivity contribution in [3.63, 3.8) is 0 Å². The molecule has 0 aromatic rings. The standard InChI is InChI=1S/C12H21N3O3/c1-8(11(16)17)13-12(18)15-6-5-9-3-4-10(7-15)14(9)2/h8-10H,3-7H2,1-2H3,(H,13,18)(H,16,17)/t8-,9?,10?/m1/s1. The lowest BCUT2D eigenvalue weighted by Gasteiger charge is -2.26. The van der Waals surface area contributed by atoms with E-state index in [9.17, 15) is 9.59 Å². The van der Waals surface area contributed by atoms with E-state index in [4.69, 9.17) is 5.11 Å². The number of rotatable bonds is 2. The van der Waals surface area contributed by atoms with Crippen LogP contribution in [-0.2, 0) is 4.79 Å². The SMILES string of the molecule is C[C@@H](NC(=O)N1CCC2CCC(C1)N2C)C(=O)O. The van der Waals surface area contributed by atoms with Gasteiger partial charge in [0.1, 0.15) is 6.04 Å². The van der Waals surface area contributed by atoms with Gasteiger partial charge in [0.05, 0.1) is 0 Å². The Labute approximate surface area is 107 Å². The second-order valence-electron chi connectivity index (χ2n) is 5.29. The van der Waals surface area contributed by atoms with Crippen LogP contribution in [0.3, 0.4) is 0 Å². The van der Waals surface area contributed by atoms with E-state index in [2.05, 4.69) is 17.3 Å². The van der Waals surface area contributed by atoms with Gasteiger partial charge in [0, 0.05) is 25.2 Å². The summed E-state index contributed by atoms with van der Waals surface area (Å²) in [5, 5.41) is 11.3. The fourth-order valence-corrected chi connectivity index (χ4v) is 2.83. The largest absolute Gasteiger partial charge is 0.480 e. The van der Waals surface area contributed by atoms with Crippen LogP contribution < -0.4 is 5.32 Å². The number of aliphatic carboxylic acids is 1. The summed E-state index contributed by atoms with van der Waals surface area (Å²) < 4.78 is 0. The maximum Gasteiger partial charge on any atom is 0.325 e. The average Bonchev–Trinajstić information content (AvgIpc) is 2.52. The van der Waals surface area contributed by atoms with Gasteiger partial charge < -0.3 is 15.3 Å². The van der Waals surface area contributed by atoms with Crippen molar-refractivity contribution in [1.82, 2.24) is 15.1 Å². The summed E-state index contributed by atoms with van der Waals surface area (Å²) in [5.74, 6) is -1.00. The molecule has 0 saturated carbocycles. The Morgan fingerprint density at radius 1 is 1.28 bits per heavy atom. The van der Waals surface area contributed by atoms with E-state index in [0.29, 0.717) is 25.2 Å². The summed E-state index contributed by atoms with van der Waals surface area (Å²) in [7, 11) is 2.11. The van der Waals surface area contributed by atoms with Crippen molar-refractivity contribution >= 4 is 12.0 Å². The Balaban J connectivity index is 1.93. The molecule has 2 aliphatic heterocycles. The molecule has 0 spiro atoms. The fourth-order valence-electron chi connectivity index (χ4n) is 2.83. The van der Waals surface area contributed by atoms with Gasteiger partial charge >= 0.3 is 12.0 Å². The second kappa shape index (κ2) is 5.14. The van der Waals surface area contributed by atoms with E-state index in [1.807, 2.05) is 0 Å². The Morgan fingerprint density at radius 2 is 1.94 bits per heavy atom. The second-order valence-corrected chi connectivity index (χ2v) is 5.29. The minimum Gasteiger partial charge on any atom is -0.480 e. The van der Waals surface area contributed by atoms with Gasteiger partial charge in [-0.25, -0.2) is 4.79 Å². The molecule has 6 heteroatoms. The van der Waals surface area contributed by atoms with Crippen molar-refractivity contribution in [1.29, 1.82) is 0 Å². The highest BCUT2D eigenvalue weighted by molar-refractivity contribution is 5.82. The van der Waals surface area contributed by atoms with Gasteiger partial charge in [-0.05, 0) is 33.2 Å². The first-order valence-corrected chi connectivity index (χ1v) is 6.49. The summed E-state index contributed by atoms with van der Waals surface area (Å²) in [6.07, 6.45) is 3.31. The summed E-state index contributed by atoms with van der Waals surface area (Å²) in [4.78, 5) is 26.8. The monoisotopic (exact) mass is 255 g/mol. The minimum absolute atomic E-state index is 0.258. The van der Waals surface area contributed by atoms with Crippen molar-refractivity contribution < 1.29 is 14.7 Å². The molecule has 6 nitrogen and oxygen atoms in total. The summed E-state index contributed by atoms with van der Waals surface area (Å²) >= 11 is 0. The van der Waals surface area contributed by atoms with Gasteiger partial charge in [-0.2, -0.15) is 0 Å². The Morgan fingerprint density at radius 3 is 2.61 bits per heavy atom. The number of hydrogen-bond donors (Lipinski definition) is 2. The van der Waals surface area contributed by atoms with Crippen molar-refractivity contribution in [3.8, 4) is 0 Å². The zero-order valence-electron chi connectivity index (χ0n) is 10.9. The molecule has 2 saturated heterocycles. The number of nitrogens with zero attached hydrogens (tertiary/aromatic N) is 2. The van der Waals surface area contributed by atoms with E-state index in [1.165, 1.54) is 13.3 Å². The van der Waals surface area contributed by atoms with E-state index >= 15 is 0 Å². The molecule has 0 aromatic heterocycles. The molecular weight excluding hydrogens is 234 g/mol. The number of carbonyl (C=O) groups is 2. The Hall–Kier alpha value is -1.30. The lowest BCUT2D eigenvalue weighted by atomic mass is 10.1. The van der Waals surface area contributed by atoms with Gasteiger partial charge in [0.15, 0.2) is 0 Å². The van der Waals surface area contributed by atoms with Gasteiger partial charge in [0.25, 0.3) is 0 Å². The predicted octanol–water partition coefficient (Wildman–Crippen LogP) is 0.338. The lowest BCUT2D eigenvalue weighted by Crippen LogP contribution is -2.49. The number of likely N-dealkylation sites (tertiary alicyclic amines) is 1. The molecule has 2 amide bonds. The molecule has 2 rings (SSSR count). The van der Waals surface area contributed by atoms with Crippen LogP contribution in [-0.4, -0.2) is 65.2 Å². The molecule has 3 atom stereocenters. The predicted molar refractivity (Wildman–Crippen MR) is 66.4 cm³/mol. The molecule has 2 fully saturated rings. The first kappa shape index (κ1) is 13.1. The van der Waals surface area contributed by atoms with Gasteiger partial charge in [-0.3, -0.25) is 9.69 Å². The quantitative estimate of drug-likeness (QED) is 0.746. The number of fused-ring (bicyclic) bond motifs is 2. The minimum atomic E-state index is -1.00. The zero-order valence-corrected chi connectivity index (χ0v) is 10.9. The maximum absolute atomic E-state index is 12.0. The molecule has 0 aromatic carbocycles. The van der Waals surface area contributed by atoms with Gasteiger partial charge in [-0.15, -0.1) is 0 Å². The number of urea groups is 1. The van der Waals surface area contributed by atoms with E-state index in [0.717, 1.165) is 12.8 Å². The molecule has 18 heavy (non-hydrogen) atoms. The number of hydrogen-bond acceptors (Lipinski definition) is 3. The van der Waals surface area contributed by atoms with Gasteiger partial charge in [0.2, 0.25) is 0 Å². The molecule has 0 radical (unpaired) electrons. The first-order valence-electron chi connectivity index (χ1n) is 6.49. The molecule has 2 heterocycles. The number of likely N-dealkylation sites (N-methyl/N-ethyl adjacent to an activating group) is 1. The van der Waals surface area contributed by atoms with E-state index in [-0.39, 0.29) is 6.03 Å². The number of nitrogens with one attached hydrogen (secondary N) is 1. The number of carboxylic acids is 1. The Bertz CT molecular complexity index is 347. The van der Waals surface area contributed by atoms with Crippen LogP contribution in [0.15, 0.2) is 0 Å². The third-order valence-electron chi connectivity index (χ3n) is 4.15. The zero-order chi connectivity index (χ0) is 13.3. The number of carbonyl (C=O) groups excluding carboxylic acids is 1. The highest BCUT2D eigenvalue weighted by Gasteiger charge is 2.36. The summed E-state index contributed by atoms with van der Waals surface area (Å²) in [6.45, 7) is 2.89. The van der Waals surface area contributed by atoms with Crippen LogP contribution >= 0.6 is 0 Å². The van der Waals surface area contributed by atoms with Crippen LogP contribution in [0, 0.1) is 0 Å². The van der Waals surface area contributed by atoms with Crippen molar-refractivity contribution in [3.05, 3.63) is 0 Å². The van der Waals surface area contributed by atoms with E-state index < -0.39 is 12.0 Å². The molecule has 2 N–H and O–H groups in total. The topological polar surface area (TPSA) is 72.9 Å². The van der Waals surface area contributed by atoms with Gasteiger partial charge in [-0.1, -0.05) is 0 Å². The van der Waals surface area contributed by atoms with E-state index in [1.54, 1.807) is 4.90 Å². The smallest absolute Gasteiger partial charge is 0.325 e. The molecule has 2 bridgehead atoms. The highest BCUT2D eigenvalue weighted by Crippen LogP contribution is 2.28. The molecule has 102 valence electrons. The fraction of sp³-hybridized carbons (Fsp3) is 0.833. The van der Waals surface area contributed by atoms with Crippen molar-refractivity contribution in [2.75, 3.05) is 20.1 Å². The third kappa shape index (κ3) is 2.58. The van der Waals surface area contributed by atoms with Crippen LogP contribution in [0.25, 0.3) is 0 Å². The third-order valence-corrected chi connectivity index (χ3v) is 4.15. The summed E-state index contributed by atoms with van der Waals surface area (Å²) in [5.41, 5.74) is 0. The summed E-state index contributed by atoms with van der Waals surface area (Å²) in [6, 6.07) is -0.102. The van der Waals surface area contributed by atoms with Crippen LogP contribution in [0.2, 0.25) is 0 Å². The lowest BCUT2D eigenvalue weighted by molar-refractivity contribution is -0.138. The molecule has 2 aliphatic rings. The maximum atomic E-state index is 12.0. The first-order chi connectivity index (χ1) is 8.49. The van der Waals surface area contributed by atoms with Crippen LogP contribution in [0.4, 0.5) is 4.79 Å². The van der Waals surface area contributed by atoms with Crippen LogP contribution in [0.1, 0.15) is 26.2 Å². The highest BCUT2D eigenvalue weighted by atomic mass is 16.4. The molecule has 0 aliphatic carbocycles. The van der Waals surface area contributed by atoms with Crippen molar-refractivity contribution in [2.24, 2.45) is 0 Å². The molecule has 2 unspecified atom stereocenters. The van der Waals surface area contributed by atoms with Crippen molar-refractivity contribution in [2.45, 2.75) is 44.3 Å². The Kier molecular flexibility index (Phi) is 3.75.